The Balaban J connectivity index is 1.26. The summed E-state index contributed by atoms with van der Waals surface area (Å²) in [5, 5.41) is 14.2. The Hall–Kier alpha value is -3.60. The number of pyridine rings is 1. The highest BCUT2D eigenvalue weighted by Crippen LogP contribution is 2.37. The third kappa shape index (κ3) is 5.52. The fraction of sp³-hybridized carbons (Fsp3) is 0.429. The van der Waals surface area contributed by atoms with Crippen LogP contribution in [0.15, 0.2) is 60.8 Å². The van der Waals surface area contributed by atoms with Crippen LogP contribution in [0.4, 0.5) is 0 Å². The molecule has 5 heteroatoms. The maximum absolute atomic E-state index is 13.7. The van der Waals surface area contributed by atoms with E-state index in [1.165, 1.54) is 66.3 Å². The van der Waals surface area contributed by atoms with Crippen molar-refractivity contribution in [2.75, 3.05) is 0 Å². The Bertz CT molecular complexity index is 1460. The van der Waals surface area contributed by atoms with Gasteiger partial charge in [-0.25, -0.2) is 4.98 Å². The van der Waals surface area contributed by atoms with Crippen molar-refractivity contribution in [2.24, 2.45) is 5.92 Å². The lowest BCUT2D eigenvalue weighted by atomic mass is 9.80. The molecule has 6 rings (SSSR count). The van der Waals surface area contributed by atoms with Gasteiger partial charge in [0.25, 0.3) is 0 Å². The van der Waals surface area contributed by atoms with Crippen LogP contribution in [0.3, 0.4) is 0 Å². The zero-order chi connectivity index (χ0) is 27.5. The lowest BCUT2D eigenvalue weighted by molar-refractivity contribution is -0.124. The lowest BCUT2D eigenvalue weighted by Gasteiger charge is -2.26. The van der Waals surface area contributed by atoms with E-state index in [0.717, 1.165) is 49.0 Å². The molecule has 1 unspecified atom stereocenters. The monoisotopic (exact) mass is 535 g/mol. The second kappa shape index (κ2) is 11.9. The fourth-order valence-electron chi connectivity index (χ4n) is 7.08. The molecule has 2 N–H and O–H groups in total. The number of nitrogens with one attached hydrogen (secondary N) is 1. The summed E-state index contributed by atoms with van der Waals surface area (Å²) in [6.45, 7) is 3.49. The van der Waals surface area contributed by atoms with Crippen LogP contribution < -0.4 is 5.32 Å². The summed E-state index contributed by atoms with van der Waals surface area (Å²) in [7, 11) is 0. The topological polar surface area (TPSA) is 67.2 Å². The van der Waals surface area contributed by atoms with Crippen LogP contribution in [-0.4, -0.2) is 20.6 Å². The molecule has 208 valence electrons. The summed E-state index contributed by atoms with van der Waals surface area (Å²) in [4.78, 5) is 18.5. The first-order chi connectivity index (χ1) is 19.6. The molecule has 0 bridgehead atoms. The summed E-state index contributed by atoms with van der Waals surface area (Å²) < 4.78 is 2.44. The predicted octanol–water partition coefficient (Wildman–Crippen LogP) is 7.35. The summed E-state index contributed by atoms with van der Waals surface area (Å²) in [5.41, 5.74) is 8.75. The molecule has 2 aliphatic rings. The van der Waals surface area contributed by atoms with Gasteiger partial charge >= 0.3 is 0 Å². The molecule has 0 aliphatic heterocycles. The number of nitrogens with zero attached hydrogens (tertiary/aromatic N) is 2. The van der Waals surface area contributed by atoms with Crippen molar-refractivity contribution in [1.29, 1.82) is 0 Å². The Labute approximate surface area is 237 Å². The smallest absolute Gasteiger partial charge is 0.228 e. The van der Waals surface area contributed by atoms with Crippen molar-refractivity contribution < 1.29 is 9.90 Å². The molecule has 1 saturated carbocycles. The average molecular weight is 536 g/mol. The van der Waals surface area contributed by atoms with Gasteiger partial charge in [-0.15, -0.1) is 0 Å². The van der Waals surface area contributed by atoms with E-state index < -0.39 is 0 Å². The van der Waals surface area contributed by atoms with Crippen molar-refractivity contribution in [3.63, 3.8) is 0 Å². The summed E-state index contributed by atoms with van der Waals surface area (Å²) in [6.07, 6.45) is 13.8. The first-order valence-corrected chi connectivity index (χ1v) is 15.2. The summed E-state index contributed by atoms with van der Waals surface area (Å²) in [6, 6.07) is 18.1. The number of aromatic nitrogens is 2. The van der Waals surface area contributed by atoms with Crippen LogP contribution in [0.1, 0.15) is 90.8 Å². The number of amides is 1. The molecule has 0 saturated heterocycles. The van der Waals surface area contributed by atoms with Gasteiger partial charge in [-0.3, -0.25) is 4.79 Å². The number of carbonyl (C=O) groups is 1. The molecule has 2 aliphatic carbocycles. The van der Waals surface area contributed by atoms with Crippen LogP contribution in [0.2, 0.25) is 0 Å². The second-order valence-electron chi connectivity index (χ2n) is 11.9. The number of carbonyl (C=O) groups excluding carboxylic acids is 1. The van der Waals surface area contributed by atoms with Crippen LogP contribution in [0, 0.1) is 12.8 Å². The molecule has 1 fully saturated rings. The molecule has 4 aromatic rings. The number of hydrogen-bond acceptors (Lipinski definition) is 3. The molecule has 5 nitrogen and oxygen atoms in total. The third-order valence-corrected chi connectivity index (χ3v) is 9.20. The van der Waals surface area contributed by atoms with E-state index in [2.05, 4.69) is 47.1 Å². The highest BCUT2D eigenvalue weighted by Gasteiger charge is 2.30. The fourth-order valence-corrected chi connectivity index (χ4v) is 7.08. The largest absolute Gasteiger partial charge is 0.508 e. The lowest BCUT2D eigenvalue weighted by Crippen LogP contribution is -2.33. The molecular weight excluding hydrogens is 494 g/mol. The highest BCUT2D eigenvalue weighted by atomic mass is 16.3. The van der Waals surface area contributed by atoms with Crippen molar-refractivity contribution in [3.05, 3.63) is 94.3 Å². The van der Waals surface area contributed by atoms with Gasteiger partial charge in [0.15, 0.2) is 0 Å². The molecule has 40 heavy (non-hydrogen) atoms. The van der Waals surface area contributed by atoms with Gasteiger partial charge in [0.2, 0.25) is 5.91 Å². The SMILES string of the molecule is Cc1ccnc2c1c1c(n2Cc2ccc(C(C(=O)NCc3ccc(O)cc3)C3CCCCCC3)cc2)CCCC1. The number of aromatic hydroxyl groups is 1. The van der Waals surface area contributed by atoms with Gasteiger partial charge < -0.3 is 15.0 Å². The predicted molar refractivity (Wildman–Crippen MR) is 161 cm³/mol. The summed E-state index contributed by atoms with van der Waals surface area (Å²) in [5.74, 6) is 0.568. The van der Waals surface area contributed by atoms with Crippen LogP contribution >= 0.6 is 0 Å². The van der Waals surface area contributed by atoms with Gasteiger partial charge in [0, 0.05) is 30.4 Å². The van der Waals surface area contributed by atoms with E-state index in [1.54, 1.807) is 12.1 Å². The minimum Gasteiger partial charge on any atom is -0.508 e. The maximum Gasteiger partial charge on any atom is 0.228 e. The molecular formula is C35H41N3O2. The normalized spacial score (nSPS) is 16.8. The van der Waals surface area contributed by atoms with Crippen molar-refractivity contribution in [2.45, 2.75) is 90.1 Å². The Morgan fingerprint density at radius 1 is 0.925 bits per heavy atom. The molecule has 0 radical (unpaired) electrons. The van der Waals surface area contributed by atoms with E-state index in [9.17, 15) is 9.90 Å². The average Bonchev–Trinajstić information content (AvgIpc) is 3.10. The number of hydrogen-bond donors (Lipinski definition) is 2. The Morgan fingerprint density at radius 3 is 2.38 bits per heavy atom. The quantitative estimate of drug-likeness (QED) is 0.243. The second-order valence-corrected chi connectivity index (χ2v) is 11.9. The van der Waals surface area contributed by atoms with Crippen molar-refractivity contribution in [3.8, 4) is 5.75 Å². The van der Waals surface area contributed by atoms with Gasteiger partial charge in [-0.2, -0.15) is 0 Å². The first-order valence-electron chi connectivity index (χ1n) is 15.2. The number of phenols is 1. The molecule has 1 atom stereocenters. The van der Waals surface area contributed by atoms with Gasteiger partial charge in [-0.05, 0) is 97.4 Å². The van der Waals surface area contributed by atoms with E-state index >= 15 is 0 Å². The molecule has 2 aromatic heterocycles. The number of aryl methyl sites for hydroxylation is 2. The van der Waals surface area contributed by atoms with E-state index in [-0.39, 0.29) is 17.6 Å². The third-order valence-electron chi connectivity index (χ3n) is 9.20. The van der Waals surface area contributed by atoms with Crippen molar-refractivity contribution in [1.82, 2.24) is 14.9 Å². The van der Waals surface area contributed by atoms with Crippen molar-refractivity contribution >= 4 is 16.9 Å². The number of rotatable bonds is 7. The number of benzene rings is 2. The first kappa shape index (κ1) is 26.6. The summed E-state index contributed by atoms with van der Waals surface area (Å²) >= 11 is 0. The standard InChI is InChI=1S/C35H41N3O2/c1-24-20-21-36-34-32(24)30-10-6-7-11-31(30)38(34)23-26-12-16-28(17-13-26)33(27-8-4-2-3-5-9-27)35(40)37-22-25-14-18-29(39)19-15-25/h12-21,27,33,39H,2-11,22-23H2,1H3,(H,37,40). The zero-order valence-electron chi connectivity index (χ0n) is 23.7. The van der Waals surface area contributed by atoms with E-state index in [4.69, 9.17) is 4.98 Å². The minimum absolute atomic E-state index is 0.109. The molecule has 0 spiro atoms. The van der Waals surface area contributed by atoms with Gasteiger partial charge in [0.05, 0.1) is 5.92 Å². The van der Waals surface area contributed by atoms with Crippen LogP contribution in [0.25, 0.3) is 11.0 Å². The Kier molecular flexibility index (Phi) is 7.90. The van der Waals surface area contributed by atoms with E-state index in [0.29, 0.717) is 12.5 Å². The van der Waals surface area contributed by atoms with Crippen LogP contribution in [-0.2, 0) is 30.7 Å². The Morgan fingerprint density at radius 2 is 1.62 bits per heavy atom. The molecule has 2 aromatic carbocycles. The number of fused-ring (bicyclic) bond motifs is 3. The minimum atomic E-state index is -0.145. The molecule has 1 amide bonds. The van der Waals surface area contributed by atoms with E-state index in [1.807, 2.05) is 18.3 Å². The van der Waals surface area contributed by atoms with Gasteiger partial charge in [-0.1, -0.05) is 62.1 Å². The highest BCUT2D eigenvalue weighted by molar-refractivity contribution is 5.86. The maximum atomic E-state index is 13.7. The number of phenolic OH excluding ortho intramolecular Hbond substituents is 1. The van der Waals surface area contributed by atoms with Crippen LogP contribution in [0.5, 0.6) is 5.75 Å². The molecule has 2 heterocycles. The zero-order valence-corrected chi connectivity index (χ0v) is 23.7. The van der Waals surface area contributed by atoms with Gasteiger partial charge in [0.1, 0.15) is 11.4 Å².